The smallest absolute Gasteiger partial charge is 0.227 e. The number of ether oxygens (including phenoxy) is 2. The Kier molecular flexibility index (Phi) is 7.04. The fourth-order valence-corrected chi connectivity index (χ4v) is 5.62. The summed E-state index contributed by atoms with van der Waals surface area (Å²) in [5, 5.41) is 9.23. The van der Waals surface area contributed by atoms with Crippen molar-refractivity contribution in [3.63, 3.8) is 0 Å². The molecule has 34 heavy (non-hydrogen) atoms. The molecule has 0 bridgehead atoms. The SMILES string of the molecule is N#Cc1cccc(N2CC(c3ccc(OC4CCCCCC4)c(OC4CCCC4)c3)CC2=O)c1. The van der Waals surface area contributed by atoms with Crippen LogP contribution in [-0.4, -0.2) is 24.7 Å². The van der Waals surface area contributed by atoms with E-state index in [1.807, 2.05) is 12.1 Å². The predicted octanol–water partition coefficient (Wildman–Crippen LogP) is 6.50. The van der Waals surface area contributed by atoms with Gasteiger partial charge in [0, 0.05) is 24.6 Å². The highest BCUT2D eigenvalue weighted by Crippen LogP contribution is 2.39. The first-order chi connectivity index (χ1) is 16.7. The molecule has 2 aliphatic carbocycles. The Bertz CT molecular complexity index is 1050. The lowest BCUT2D eigenvalue weighted by Gasteiger charge is -2.23. The molecule has 3 fully saturated rings. The quantitative estimate of drug-likeness (QED) is 0.464. The van der Waals surface area contributed by atoms with E-state index in [4.69, 9.17) is 9.47 Å². The molecule has 1 saturated heterocycles. The number of rotatable bonds is 6. The van der Waals surface area contributed by atoms with Crippen molar-refractivity contribution in [2.75, 3.05) is 11.4 Å². The number of nitrogens with zero attached hydrogens (tertiary/aromatic N) is 2. The van der Waals surface area contributed by atoms with E-state index in [0.717, 1.165) is 48.4 Å². The molecular weight excluding hydrogens is 424 g/mol. The van der Waals surface area contributed by atoms with Crippen LogP contribution >= 0.6 is 0 Å². The zero-order valence-corrected chi connectivity index (χ0v) is 19.9. The van der Waals surface area contributed by atoms with Gasteiger partial charge in [0.05, 0.1) is 23.8 Å². The molecule has 1 atom stereocenters. The standard InChI is InChI=1S/C29H34N2O3/c30-19-21-8-7-9-24(16-21)31-20-23(18-29(31)32)22-14-15-27(33-25-10-3-1-2-4-11-25)28(17-22)34-26-12-5-6-13-26/h7-9,14-17,23,25-26H,1-6,10-13,18,20H2. The van der Waals surface area contributed by atoms with Crippen LogP contribution in [0.1, 0.15) is 87.7 Å². The second-order valence-corrected chi connectivity index (χ2v) is 10.0. The number of hydrogen-bond donors (Lipinski definition) is 0. The lowest BCUT2D eigenvalue weighted by Crippen LogP contribution is -2.24. The predicted molar refractivity (Wildman–Crippen MR) is 132 cm³/mol. The van der Waals surface area contributed by atoms with E-state index in [1.54, 1.807) is 17.0 Å². The Labute approximate surface area is 202 Å². The first-order valence-electron chi connectivity index (χ1n) is 13.0. The van der Waals surface area contributed by atoms with Crippen LogP contribution in [0.25, 0.3) is 0 Å². The highest BCUT2D eigenvalue weighted by atomic mass is 16.5. The highest BCUT2D eigenvalue weighted by molar-refractivity contribution is 5.96. The minimum Gasteiger partial charge on any atom is -0.487 e. The van der Waals surface area contributed by atoms with Crippen molar-refractivity contribution in [2.45, 2.75) is 88.8 Å². The molecule has 2 aromatic carbocycles. The summed E-state index contributed by atoms with van der Waals surface area (Å²) in [6, 6.07) is 15.8. The molecule has 5 rings (SSSR count). The van der Waals surface area contributed by atoms with Gasteiger partial charge in [-0.05, 0) is 87.3 Å². The van der Waals surface area contributed by atoms with Crippen molar-refractivity contribution in [3.05, 3.63) is 53.6 Å². The van der Waals surface area contributed by atoms with Gasteiger partial charge in [-0.25, -0.2) is 0 Å². The average Bonchev–Trinajstić information content (AvgIpc) is 3.43. The van der Waals surface area contributed by atoms with Gasteiger partial charge in [-0.2, -0.15) is 5.26 Å². The Morgan fingerprint density at radius 3 is 2.21 bits per heavy atom. The van der Waals surface area contributed by atoms with E-state index in [1.165, 1.54) is 38.5 Å². The van der Waals surface area contributed by atoms with E-state index in [-0.39, 0.29) is 24.0 Å². The van der Waals surface area contributed by atoms with E-state index >= 15 is 0 Å². The van der Waals surface area contributed by atoms with Gasteiger partial charge in [0.2, 0.25) is 5.91 Å². The molecule has 3 aliphatic rings. The fourth-order valence-electron chi connectivity index (χ4n) is 5.62. The van der Waals surface area contributed by atoms with Crippen LogP contribution in [0, 0.1) is 11.3 Å². The third-order valence-corrected chi connectivity index (χ3v) is 7.54. The van der Waals surface area contributed by atoms with Crippen LogP contribution in [0.3, 0.4) is 0 Å². The molecule has 5 heteroatoms. The minimum atomic E-state index is 0.0936. The van der Waals surface area contributed by atoms with Crippen molar-refractivity contribution in [1.82, 2.24) is 0 Å². The third-order valence-electron chi connectivity index (χ3n) is 7.54. The molecule has 0 spiro atoms. The molecule has 1 unspecified atom stereocenters. The lowest BCUT2D eigenvalue weighted by atomic mass is 9.97. The molecule has 5 nitrogen and oxygen atoms in total. The molecule has 178 valence electrons. The maximum absolute atomic E-state index is 12.9. The largest absolute Gasteiger partial charge is 0.487 e. The minimum absolute atomic E-state index is 0.0936. The molecule has 2 saturated carbocycles. The van der Waals surface area contributed by atoms with Crippen molar-refractivity contribution >= 4 is 11.6 Å². The normalized spacial score (nSPS) is 21.9. The average molecular weight is 459 g/mol. The van der Waals surface area contributed by atoms with Gasteiger partial charge in [-0.3, -0.25) is 4.79 Å². The summed E-state index contributed by atoms with van der Waals surface area (Å²) in [4.78, 5) is 14.7. The summed E-state index contributed by atoms with van der Waals surface area (Å²) in [5.41, 5.74) is 2.48. The van der Waals surface area contributed by atoms with Gasteiger partial charge in [-0.1, -0.05) is 25.0 Å². The molecule has 0 aromatic heterocycles. The molecule has 2 aromatic rings. The second-order valence-electron chi connectivity index (χ2n) is 10.0. The number of hydrogen-bond acceptors (Lipinski definition) is 4. The lowest BCUT2D eigenvalue weighted by molar-refractivity contribution is -0.117. The van der Waals surface area contributed by atoms with Crippen LogP contribution in [0.5, 0.6) is 11.5 Å². The van der Waals surface area contributed by atoms with Gasteiger partial charge in [0.15, 0.2) is 11.5 Å². The number of anilines is 1. The van der Waals surface area contributed by atoms with Gasteiger partial charge < -0.3 is 14.4 Å². The van der Waals surface area contributed by atoms with Crippen LogP contribution in [0.15, 0.2) is 42.5 Å². The van der Waals surface area contributed by atoms with E-state index in [2.05, 4.69) is 24.3 Å². The summed E-state index contributed by atoms with van der Waals surface area (Å²) in [6.45, 7) is 0.611. The first-order valence-corrected chi connectivity index (χ1v) is 13.0. The number of amides is 1. The maximum atomic E-state index is 12.9. The fraction of sp³-hybridized carbons (Fsp3) is 0.517. The summed E-state index contributed by atoms with van der Waals surface area (Å²) >= 11 is 0. The van der Waals surface area contributed by atoms with Gasteiger partial charge >= 0.3 is 0 Å². The van der Waals surface area contributed by atoms with Crippen molar-refractivity contribution < 1.29 is 14.3 Å². The summed E-state index contributed by atoms with van der Waals surface area (Å²) in [7, 11) is 0. The Morgan fingerprint density at radius 2 is 1.50 bits per heavy atom. The van der Waals surface area contributed by atoms with Gasteiger partial charge in [-0.15, -0.1) is 0 Å². The molecule has 0 radical (unpaired) electrons. The van der Waals surface area contributed by atoms with Crippen LogP contribution in [0.4, 0.5) is 5.69 Å². The van der Waals surface area contributed by atoms with Crippen molar-refractivity contribution in [1.29, 1.82) is 5.26 Å². The molecule has 1 amide bonds. The first kappa shape index (κ1) is 22.8. The topological polar surface area (TPSA) is 62.6 Å². The van der Waals surface area contributed by atoms with Crippen LogP contribution in [0.2, 0.25) is 0 Å². The van der Waals surface area contributed by atoms with Crippen LogP contribution < -0.4 is 14.4 Å². The molecule has 1 aliphatic heterocycles. The Hall–Kier alpha value is -3.00. The van der Waals surface area contributed by atoms with Gasteiger partial charge in [0.1, 0.15) is 0 Å². The van der Waals surface area contributed by atoms with E-state index in [9.17, 15) is 10.1 Å². The number of carbonyl (C=O) groups excluding carboxylic acids is 1. The van der Waals surface area contributed by atoms with Crippen LogP contribution in [-0.2, 0) is 4.79 Å². The summed E-state index contributed by atoms with van der Waals surface area (Å²) in [5.74, 6) is 1.88. The highest BCUT2D eigenvalue weighted by Gasteiger charge is 2.32. The van der Waals surface area contributed by atoms with Crippen molar-refractivity contribution in [2.24, 2.45) is 0 Å². The van der Waals surface area contributed by atoms with E-state index in [0.29, 0.717) is 18.5 Å². The third kappa shape index (κ3) is 5.22. The molecule has 1 heterocycles. The Balaban J connectivity index is 1.36. The summed E-state index contributed by atoms with van der Waals surface area (Å²) < 4.78 is 13.0. The number of benzene rings is 2. The molecular formula is C29H34N2O3. The number of nitriles is 1. The zero-order chi connectivity index (χ0) is 23.3. The monoisotopic (exact) mass is 458 g/mol. The molecule has 0 N–H and O–H groups in total. The number of carbonyl (C=O) groups is 1. The zero-order valence-electron chi connectivity index (χ0n) is 19.9. The van der Waals surface area contributed by atoms with Gasteiger partial charge in [0.25, 0.3) is 0 Å². The van der Waals surface area contributed by atoms with Crippen molar-refractivity contribution in [3.8, 4) is 17.6 Å². The Morgan fingerprint density at radius 1 is 0.824 bits per heavy atom. The van der Waals surface area contributed by atoms with E-state index < -0.39 is 0 Å². The second kappa shape index (κ2) is 10.5. The summed E-state index contributed by atoms with van der Waals surface area (Å²) in [6.07, 6.45) is 12.9. The maximum Gasteiger partial charge on any atom is 0.227 e.